The molecule has 4 rings (SSSR count). The van der Waals surface area contributed by atoms with E-state index < -0.39 is 6.10 Å². The molecule has 6 heteroatoms. The van der Waals surface area contributed by atoms with Gasteiger partial charge in [0.1, 0.15) is 6.54 Å². The highest BCUT2D eigenvalue weighted by Gasteiger charge is 2.29. The quantitative estimate of drug-likeness (QED) is 0.769. The van der Waals surface area contributed by atoms with Gasteiger partial charge in [0.15, 0.2) is 11.5 Å². The summed E-state index contributed by atoms with van der Waals surface area (Å²) in [7, 11) is 0. The number of fused-ring (bicyclic) bond motifs is 1. The molecular weight excluding hydrogens is 370 g/mol. The Bertz CT molecular complexity index is 868. The summed E-state index contributed by atoms with van der Waals surface area (Å²) >= 11 is 0. The van der Waals surface area contributed by atoms with Crippen LogP contribution in [0.4, 0.5) is 0 Å². The summed E-state index contributed by atoms with van der Waals surface area (Å²) in [5.74, 6) is 1.60. The fourth-order valence-corrected chi connectivity index (χ4v) is 4.03. The lowest BCUT2D eigenvalue weighted by molar-refractivity contribution is -0.0930. The third-order valence-electron chi connectivity index (χ3n) is 5.61. The Morgan fingerprint density at radius 2 is 1.90 bits per heavy atom. The van der Waals surface area contributed by atoms with Crippen molar-refractivity contribution in [3.8, 4) is 11.5 Å². The van der Waals surface area contributed by atoms with Crippen molar-refractivity contribution in [2.24, 2.45) is 5.18 Å². The summed E-state index contributed by atoms with van der Waals surface area (Å²) < 4.78 is 17.6. The molecule has 0 saturated carbocycles. The van der Waals surface area contributed by atoms with Gasteiger partial charge in [0, 0.05) is 19.3 Å². The van der Waals surface area contributed by atoms with Crippen molar-refractivity contribution in [3.63, 3.8) is 0 Å². The largest absolute Gasteiger partial charge is 0.490 e. The molecule has 1 saturated heterocycles. The minimum atomic E-state index is -0.480. The van der Waals surface area contributed by atoms with E-state index in [9.17, 15) is 10.0 Å². The molecule has 0 spiro atoms. The number of nitroso groups, excluding NO2 is 1. The second-order valence-corrected chi connectivity index (χ2v) is 7.88. The second-order valence-electron chi connectivity index (χ2n) is 7.88. The van der Waals surface area contributed by atoms with Gasteiger partial charge in [0.05, 0.1) is 31.5 Å². The average Bonchev–Trinajstić information content (AvgIpc) is 2.94. The molecule has 0 aromatic heterocycles. The molecule has 2 aromatic carbocycles. The number of aliphatic hydroxyl groups is 1. The maximum absolute atomic E-state index is 10.6. The molecule has 0 bridgehead atoms. The summed E-state index contributed by atoms with van der Waals surface area (Å²) in [5.41, 5.74) is 4.57. The zero-order valence-corrected chi connectivity index (χ0v) is 16.7. The predicted molar refractivity (Wildman–Crippen MR) is 110 cm³/mol. The molecule has 3 unspecified atom stereocenters. The highest BCUT2D eigenvalue weighted by atomic mass is 16.5. The number of aliphatic hydroxyl groups excluding tert-OH is 1. The molecule has 1 N–H and O–H groups in total. The van der Waals surface area contributed by atoms with Crippen LogP contribution in [0.2, 0.25) is 0 Å². The van der Waals surface area contributed by atoms with Crippen LogP contribution in [-0.4, -0.2) is 37.1 Å². The molecule has 29 heavy (non-hydrogen) atoms. The Hall–Kier alpha value is -2.44. The van der Waals surface area contributed by atoms with Crippen LogP contribution in [0, 0.1) is 11.8 Å². The first-order chi connectivity index (χ1) is 14.1. The van der Waals surface area contributed by atoms with E-state index in [1.54, 1.807) is 0 Å². The monoisotopic (exact) mass is 397 g/mol. The fraction of sp³-hybridized carbons (Fsp3) is 0.478. The van der Waals surface area contributed by atoms with E-state index in [4.69, 9.17) is 14.2 Å². The molecule has 0 aliphatic carbocycles. The third-order valence-corrected chi connectivity index (χ3v) is 5.61. The first-order valence-electron chi connectivity index (χ1n) is 10.2. The summed E-state index contributed by atoms with van der Waals surface area (Å²) in [6.45, 7) is 3.52. The van der Waals surface area contributed by atoms with Gasteiger partial charge in [-0.3, -0.25) is 0 Å². The standard InChI is InChI=1S/C23H27NO5/c1-15-3-5-17(22-13-19(25)12-20(29-22)14-24-26)11-18(15)9-16-4-6-21-23(10-16)28-8-2-7-27-21/h3-6,10-11,19-20,22,25H,2,7-9,12-14H2,1H3. The van der Waals surface area contributed by atoms with Gasteiger partial charge in [-0.15, -0.1) is 0 Å². The zero-order valence-electron chi connectivity index (χ0n) is 16.7. The van der Waals surface area contributed by atoms with E-state index in [1.807, 2.05) is 12.1 Å². The number of aryl methyl sites for hydroxylation is 1. The second kappa shape index (κ2) is 8.93. The lowest BCUT2D eigenvalue weighted by Crippen LogP contribution is -2.33. The van der Waals surface area contributed by atoms with Gasteiger partial charge in [-0.05, 0) is 47.7 Å². The smallest absolute Gasteiger partial charge is 0.161 e. The van der Waals surface area contributed by atoms with Crippen molar-refractivity contribution in [3.05, 3.63) is 63.6 Å². The minimum absolute atomic E-state index is 0.0729. The van der Waals surface area contributed by atoms with Crippen molar-refractivity contribution in [2.45, 2.75) is 50.9 Å². The maximum Gasteiger partial charge on any atom is 0.161 e. The topological polar surface area (TPSA) is 77.4 Å². The Morgan fingerprint density at radius 1 is 1.07 bits per heavy atom. The lowest BCUT2D eigenvalue weighted by atomic mass is 9.92. The van der Waals surface area contributed by atoms with Crippen molar-refractivity contribution < 1.29 is 19.3 Å². The molecule has 154 valence electrons. The Balaban J connectivity index is 1.54. The first-order valence-corrected chi connectivity index (χ1v) is 10.2. The molecule has 0 amide bonds. The summed E-state index contributed by atoms with van der Waals surface area (Å²) in [4.78, 5) is 10.6. The Morgan fingerprint density at radius 3 is 2.72 bits per heavy atom. The van der Waals surface area contributed by atoms with Crippen molar-refractivity contribution in [1.82, 2.24) is 0 Å². The lowest BCUT2D eigenvalue weighted by Gasteiger charge is -2.32. The van der Waals surface area contributed by atoms with E-state index in [-0.39, 0.29) is 18.8 Å². The Labute approximate surface area is 170 Å². The zero-order chi connectivity index (χ0) is 20.2. The predicted octanol–water partition coefficient (Wildman–Crippen LogP) is 4.09. The number of benzene rings is 2. The van der Waals surface area contributed by atoms with E-state index in [1.165, 1.54) is 11.1 Å². The van der Waals surface area contributed by atoms with Gasteiger partial charge in [-0.2, -0.15) is 4.91 Å². The molecule has 2 aliphatic rings. The molecule has 2 aromatic rings. The molecule has 0 radical (unpaired) electrons. The van der Waals surface area contributed by atoms with Crippen LogP contribution in [0.5, 0.6) is 11.5 Å². The van der Waals surface area contributed by atoms with Gasteiger partial charge in [-0.25, -0.2) is 0 Å². The summed E-state index contributed by atoms with van der Waals surface area (Å²) in [6.07, 6.45) is 1.61. The third kappa shape index (κ3) is 4.77. The van der Waals surface area contributed by atoms with Crippen LogP contribution in [0.3, 0.4) is 0 Å². The highest BCUT2D eigenvalue weighted by Crippen LogP contribution is 2.34. The van der Waals surface area contributed by atoms with Crippen molar-refractivity contribution in [2.75, 3.05) is 19.8 Å². The number of nitrogens with zero attached hydrogens (tertiary/aromatic N) is 1. The molecule has 2 aliphatic heterocycles. The number of rotatable bonds is 5. The van der Waals surface area contributed by atoms with Gasteiger partial charge in [0.25, 0.3) is 0 Å². The summed E-state index contributed by atoms with van der Waals surface area (Å²) in [5, 5.41) is 13.1. The van der Waals surface area contributed by atoms with E-state index in [0.29, 0.717) is 26.1 Å². The van der Waals surface area contributed by atoms with Crippen LogP contribution in [-0.2, 0) is 11.2 Å². The SMILES string of the molecule is Cc1ccc(C2CC(O)CC(CN=O)O2)cc1Cc1ccc2c(c1)OCCCO2. The van der Waals surface area contributed by atoms with Gasteiger partial charge < -0.3 is 19.3 Å². The highest BCUT2D eigenvalue weighted by molar-refractivity contribution is 5.45. The minimum Gasteiger partial charge on any atom is -0.490 e. The van der Waals surface area contributed by atoms with Crippen LogP contribution in [0.1, 0.15) is 47.6 Å². The number of ether oxygens (including phenoxy) is 3. The fourth-order valence-electron chi connectivity index (χ4n) is 4.03. The summed E-state index contributed by atoms with van der Waals surface area (Å²) in [6, 6.07) is 12.4. The van der Waals surface area contributed by atoms with E-state index in [2.05, 4.69) is 36.4 Å². The van der Waals surface area contributed by atoms with Crippen LogP contribution in [0.15, 0.2) is 41.6 Å². The van der Waals surface area contributed by atoms with Crippen molar-refractivity contribution in [1.29, 1.82) is 0 Å². The molecule has 2 heterocycles. The molecule has 3 atom stereocenters. The van der Waals surface area contributed by atoms with Gasteiger partial charge in [-0.1, -0.05) is 29.4 Å². The molecule has 6 nitrogen and oxygen atoms in total. The van der Waals surface area contributed by atoms with Crippen LogP contribution < -0.4 is 9.47 Å². The first kappa shape index (κ1) is 19.9. The van der Waals surface area contributed by atoms with E-state index in [0.717, 1.165) is 35.5 Å². The number of hydrogen-bond donors (Lipinski definition) is 1. The number of hydrogen-bond acceptors (Lipinski definition) is 6. The van der Waals surface area contributed by atoms with Gasteiger partial charge in [0.2, 0.25) is 0 Å². The van der Waals surface area contributed by atoms with Gasteiger partial charge >= 0.3 is 0 Å². The molecule has 1 fully saturated rings. The maximum atomic E-state index is 10.6. The molecular formula is C23H27NO5. The van der Waals surface area contributed by atoms with E-state index >= 15 is 0 Å². The van der Waals surface area contributed by atoms with Crippen molar-refractivity contribution >= 4 is 0 Å². The van der Waals surface area contributed by atoms with Crippen LogP contribution in [0.25, 0.3) is 0 Å². The average molecular weight is 397 g/mol. The van der Waals surface area contributed by atoms with Crippen LogP contribution >= 0.6 is 0 Å². The normalized spacial score (nSPS) is 24.0. The Kier molecular flexibility index (Phi) is 6.11.